The number of nitrogens with two attached hydrogens (primary N) is 1. The predicted octanol–water partition coefficient (Wildman–Crippen LogP) is 6.55. The first-order valence-electron chi connectivity index (χ1n) is 30.6. The Morgan fingerprint density at radius 1 is 0.495 bits per heavy atom. The number of esters is 6. The number of aliphatic carboxylic acids is 1. The smallest absolute Gasteiger partial charge is 0.505 e. The number of alkyl halides is 3. The Bertz CT molecular complexity index is 4600. The van der Waals surface area contributed by atoms with Crippen LogP contribution in [0.15, 0.2) is 138 Å². The largest absolute Gasteiger partial charge is 0.534 e. The Morgan fingerprint density at radius 3 is 1.34 bits per heavy atom. The summed E-state index contributed by atoms with van der Waals surface area (Å²) in [6, 6.07) is 9.70. The number of hydrogen-bond donors (Lipinski definition) is 9. The molecule has 10 N–H and O–H groups in total. The fraction of sp³-hybridized carbons (Fsp3) is 0.242. The zero-order chi connectivity index (χ0) is 82.0. The molecule has 0 radical (unpaired) electrons. The average Bonchev–Trinajstić information content (AvgIpc) is 1.74. The Balaban J connectivity index is 0.000000428. The normalized spacial score (nSPS) is 10.5. The SMILES string of the molecule is CC(=O)O.CCOC(=O)CO.CCOC(=O)COc1cnccc1C(=O)OCC.CCOC(=O)c1ccncc1O.CCOC(=O)c1oc2cnccc2c1O.CCOC(=O)c1oc2cnccc2c1OS(=O)(=O)C(F)(F)F.Nc1cnccc1C(=O)O.O=C(O)c1ccncc1O.O=C1NC(=O)c2cnccc21. The van der Waals surface area contributed by atoms with Gasteiger partial charge in [0.25, 0.3) is 29.3 Å². The molecule has 2 amide bonds. The number of aromatic carboxylic acids is 2. The van der Waals surface area contributed by atoms with E-state index in [2.05, 4.69) is 58.6 Å². The number of fused-ring (bicyclic) bond motifs is 3. The first-order chi connectivity index (χ1) is 51.6. The third-order valence-electron chi connectivity index (χ3n) is 11.6. The van der Waals surface area contributed by atoms with Gasteiger partial charge in [0.05, 0.1) is 110 Å². The first-order valence-corrected chi connectivity index (χ1v) is 32.0. The van der Waals surface area contributed by atoms with Crippen LogP contribution < -0.4 is 20.0 Å². The van der Waals surface area contributed by atoms with Crippen molar-refractivity contribution in [2.45, 2.75) is 54.0 Å². The Hall–Kier alpha value is -14.0. The van der Waals surface area contributed by atoms with Gasteiger partial charge in [0.1, 0.15) is 34.8 Å². The number of nitrogen functional groups attached to an aromatic ring is 1. The van der Waals surface area contributed by atoms with Crippen LogP contribution in [0.25, 0.3) is 21.9 Å². The highest BCUT2D eigenvalue weighted by molar-refractivity contribution is 7.88. The van der Waals surface area contributed by atoms with Crippen LogP contribution in [0.3, 0.4) is 0 Å². The zero-order valence-electron chi connectivity index (χ0n) is 58.1. The highest BCUT2D eigenvalue weighted by Crippen LogP contribution is 2.37. The number of hydrogen-bond acceptors (Lipinski definition) is 35. The number of nitrogens with zero attached hydrogens (tertiary/aromatic N) is 7. The molecule has 10 heterocycles. The van der Waals surface area contributed by atoms with Gasteiger partial charge in [0.2, 0.25) is 5.75 Å². The van der Waals surface area contributed by atoms with E-state index >= 15 is 0 Å². The second-order valence-electron chi connectivity index (χ2n) is 19.2. The van der Waals surface area contributed by atoms with Gasteiger partial charge in [-0.2, -0.15) is 21.6 Å². The van der Waals surface area contributed by atoms with Crippen molar-refractivity contribution in [2.24, 2.45) is 0 Å². The molecule has 109 heavy (non-hydrogen) atoms. The van der Waals surface area contributed by atoms with E-state index < -0.39 is 87.5 Å². The van der Waals surface area contributed by atoms with Gasteiger partial charge in [-0.05, 0) is 84.0 Å². The third kappa shape index (κ3) is 30.3. The molecule has 0 unspecified atom stereocenters. The number of aromatic hydroxyl groups is 3. The Labute approximate surface area is 613 Å². The van der Waals surface area contributed by atoms with Gasteiger partial charge in [0, 0.05) is 56.5 Å². The highest BCUT2D eigenvalue weighted by atomic mass is 32.2. The standard InChI is InChI=1S/C12H15NO5.C11H8F3NO6S.C10H9NO4.C8H9NO3.C7H4N2O2.C6H6N2O2.C6H5NO3.C4H8O3.C2H4O2/c1-3-16-11(14)8-18-10-7-13-6-5-9(10)12(15)17-4-2;1-2-19-10(16)9-8(21-22(17,18)11(12,13)14)6-3-4-15-5-7(6)20-9;1-2-14-10(13)9-8(12)6-3-4-11-5-7(6)15-9;1-2-12-8(11)6-3-4-9-5-7(6)10;10-6-4-1-2-8-3-5(4)7(11)9-6;7-5-3-8-2-1-4(5)6(9)10;8-5-3-7-2-1-4(5)6(9)10;1-2-7-4(6)3-5;1-2(3)4/h5-7H,3-4,8H2,1-2H3;3-5H,2H2,1H3;3-5,12H,2H2,1H3;3-5,10H,2H2,1H3;1-3H,(H,9,10,11);1-3H,7H2,(H,9,10);1-3,8H,(H,9,10);5H,2-3H2,1H3;1H3,(H,3,4). The van der Waals surface area contributed by atoms with Gasteiger partial charge < -0.3 is 87.7 Å². The molecule has 10 rings (SSSR count). The summed E-state index contributed by atoms with van der Waals surface area (Å²) >= 11 is 0. The fourth-order valence-electron chi connectivity index (χ4n) is 7.14. The molecule has 1 aliphatic heterocycles. The molecule has 0 fully saturated rings. The Kier molecular flexibility index (Phi) is 39.0. The van der Waals surface area contributed by atoms with Crippen molar-refractivity contribution < 1.29 is 156 Å². The molecule has 39 nitrogen and oxygen atoms in total. The summed E-state index contributed by atoms with van der Waals surface area (Å²) in [6.45, 7) is 11.5. The van der Waals surface area contributed by atoms with Crippen molar-refractivity contribution in [3.05, 3.63) is 174 Å². The number of nitrogens with one attached hydrogen (secondary N) is 1. The summed E-state index contributed by atoms with van der Waals surface area (Å²) in [7, 11) is -5.97. The fourth-order valence-corrected chi connectivity index (χ4v) is 7.62. The molecule has 43 heteroatoms. The van der Waals surface area contributed by atoms with Gasteiger partial charge in [-0.25, -0.2) is 38.4 Å². The molecular weight excluding hydrogens is 1490 g/mol. The van der Waals surface area contributed by atoms with Crippen molar-refractivity contribution in [3.8, 4) is 28.7 Å². The van der Waals surface area contributed by atoms with Crippen LogP contribution in [0.5, 0.6) is 28.7 Å². The summed E-state index contributed by atoms with van der Waals surface area (Å²) in [5.41, 5.74) is 1.15. The number of imide groups is 1. The van der Waals surface area contributed by atoms with E-state index in [1.807, 2.05) is 0 Å². The van der Waals surface area contributed by atoms with Gasteiger partial charge in [-0.1, -0.05) is 0 Å². The number of anilines is 1. The molecule has 9 aromatic rings. The number of halogens is 3. The Morgan fingerprint density at radius 2 is 0.890 bits per heavy atom. The van der Waals surface area contributed by atoms with Crippen LogP contribution >= 0.6 is 0 Å². The van der Waals surface area contributed by atoms with Crippen molar-refractivity contribution in [1.82, 2.24) is 40.2 Å². The first kappa shape index (κ1) is 91.1. The lowest BCUT2D eigenvalue weighted by Gasteiger charge is -2.09. The van der Waals surface area contributed by atoms with Crippen molar-refractivity contribution in [3.63, 3.8) is 0 Å². The van der Waals surface area contributed by atoms with Crippen molar-refractivity contribution >= 4 is 103 Å². The number of carboxylic acid groups (broad SMARTS) is 3. The average molecular weight is 1560 g/mol. The molecule has 1 aliphatic rings. The third-order valence-corrected chi connectivity index (χ3v) is 12.6. The van der Waals surface area contributed by atoms with Gasteiger partial charge in [-0.3, -0.25) is 54.6 Å². The maximum absolute atomic E-state index is 12.4. The van der Waals surface area contributed by atoms with Crippen LogP contribution in [0.1, 0.15) is 132 Å². The molecule has 0 saturated carbocycles. The number of pyridine rings is 7. The van der Waals surface area contributed by atoms with Crippen LogP contribution in [0, 0.1) is 0 Å². The number of aliphatic hydroxyl groups is 1. The number of ether oxygens (including phenoxy) is 7. The van der Waals surface area contributed by atoms with Crippen LogP contribution in [-0.4, -0.2) is 203 Å². The number of amides is 2. The van der Waals surface area contributed by atoms with Crippen molar-refractivity contribution in [1.29, 1.82) is 0 Å². The highest BCUT2D eigenvalue weighted by Gasteiger charge is 2.50. The number of rotatable bonds is 18. The van der Waals surface area contributed by atoms with Gasteiger partial charge in [-0.15, -0.1) is 0 Å². The van der Waals surface area contributed by atoms with E-state index in [0.29, 0.717) is 35.3 Å². The quantitative estimate of drug-likeness (QED) is 0.0144. The van der Waals surface area contributed by atoms with Crippen LogP contribution in [0.4, 0.5) is 18.9 Å². The number of furan rings is 2. The molecule has 0 saturated heterocycles. The summed E-state index contributed by atoms with van der Waals surface area (Å²) in [5, 5.41) is 62.3. The van der Waals surface area contributed by atoms with Gasteiger partial charge in [0.15, 0.2) is 29.3 Å². The minimum atomic E-state index is -5.97. The number of carbonyl (C=O) groups is 11. The molecule has 0 aliphatic carbocycles. The van der Waals surface area contributed by atoms with Crippen LogP contribution in [0.2, 0.25) is 0 Å². The molecule has 0 atom stereocenters. The minimum Gasteiger partial charge on any atom is -0.505 e. The molecule has 0 spiro atoms. The number of aromatic nitrogens is 7. The van der Waals surface area contributed by atoms with E-state index in [1.54, 1.807) is 40.7 Å². The second kappa shape index (κ2) is 46.7. The zero-order valence-corrected chi connectivity index (χ0v) is 58.9. The summed E-state index contributed by atoms with van der Waals surface area (Å²) in [5.74, 6) is -10.0. The monoisotopic (exact) mass is 1560 g/mol. The lowest BCUT2D eigenvalue weighted by atomic mass is 10.2. The van der Waals surface area contributed by atoms with E-state index in [0.717, 1.165) is 25.4 Å². The molecule has 584 valence electrons. The van der Waals surface area contributed by atoms with E-state index in [9.17, 15) is 74.6 Å². The second-order valence-corrected chi connectivity index (χ2v) is 20.7. The number of aliphatic hydroxyl groups excluding tert-OH is 1. The molecular formula is C66H68F3N9O30S. The summed E-state index contributed by atoms with van der Waals surface area (Å²) < 4.78 is 107. The van der Waals surface area contributed by atoms with E-state index in [-0.39, 0.29) is 113 Å². The lowest BCUT2D eigenvalue weighted by Crippen LogP contribution is -2.28. The van der Waals surface area contributed by atoms with E-state index in [4.69, 9.17) is 68.9 Å². The summed E-state index contributed by atoms with van der Waals surface area (Å²) in [4.78, 5) is 144. The molecule has 9 aromatic heterocycles. The van der Waals surface area contributed by atoms with Crippen LogP contribution in [-0.2, 0) is 52.9 Å². The maximum Gasteiger partial charge on any atom is 0.534 e. The maximum atomic E-state index is 12.4. The predicted molar refractivity (Wildman–Crippen MR) is 363 cm³/mol. The molecule has 0 aromatic carbocycles. The summed E-state index contributed by atoms with van der Waals surface area (Å²) in [6.07, 6.45) is 18.6. The minimum absolute atomic E-state index is 0.0926. The van der Waals surface area contributed by atoms with Crippen molar-refractivity contribution in [2.75, 3.05) is 58.6 Å². The van der Waals surface area contributed by atoms with E-state index in [1.165, 1.54) is 112 Å². The lowest BCUT2D eigenvalue weighted by molar-refractivity contribution is -0.146. The topological polar surface area (TPSA) is 592 Å². The number of carbonyl (C=O) groups excluding carboxylic acids is 8. The molecule has 0 bridgehead atoms. The number of carboxylic acids is 3. The van der Waals surface area contributed by atoms with Gasteiger partial charge >= 0.3 is 63.4 Å².